The molecule has 0 amide bonds. The average Bonchev–Trinajstić information content (AvgIpc) is 2.37. The Labute approximate surface area is 92.8 Å². The van der Waals surface area contributed by atoms with Crippen LogP contribution in [0.5, 0.6) is 0 Å². The van der Waals surface area contributed by atoms with Crippen LogP contribution in [0.2, 0.25) is 0 Å². The number of methoxy groups -OCH3 is 1. The number of aliphatic hydroxyl groups excluding tert-OH is 1. The summed E-state index contributed by atoms with van der Waals surface area (Å²) in [5.74, 6) is 0. The van der Waals surface area contributed by atoms with E-state index >= 15 is 0 Å². The Morgan fingerprint density at radius 2 is 2.20 bits per heavy atom. The smallest absolute Gasteiger partial charge is 0.0599 e. The maximum atomic E-state index is 9.32. The van der Waals surface area contributed by atoms with Crippen molar-refractivity contribution >= 4 is 0 Å². The Kier molecular flexibility index (Phi) is 5.53. The van der Waals surface area contributed by atoms with Crippen molar-refractivity contribution in [3.8, 4) is 0 Å². The van der Waals surface area contributed by atoms with E-state index in [1.165, 1.54) is 0 Å². The zero-order valence-corrected chi connectivity index (χ0v) is 10.1. The van der Waals surface area contributed by atoms with Gasteiger partial charge in [-0.2, -0.15) is 0 Å². The highest BCUT2D eigenvalue weighted by Crippen LogP contribution is 2.13. The normalized spacial score (nSPS) is 30.4. The number of ether oxygens (including phenoxy) is 1. The highest BCUT2D eigenvalue weighted by atomic mass is 16.5. The summed E-state index contributed by atoms with van der Waals surface area (Å²) in [6.07, 6.45) is 1.16. The predicted octanol–water partition coefficient (Wildman–Crippen LogP) is 0.0197. The predicted molar refractivity (Wildman–Crippen MR) is 61.0 cm³/mol. The van der Waals surface area contributed by atoms with Gasteiger partial charge in [0.2, 0.25) is 0 Å². The Hall–Kier alpha value is -0.160. The van der Waals surface area contributed by atoms with Crippen LogP contribution in [0.25, 0.3) is 0 Å². The first kappa shape index (κ1) is 12.9. The minimum Gasteiger partial charge on any atom is -0.395 e. The summed E-state index contributed by atoms with van der Waals surface area (Å²) in [5, 5.41) is 9.32. The molecule has 0 aromatic carbocycles. The molecular formula is C11H24N2O2. The summed E-state index contributed by atoms with van der Waals surface area (Å²) in [4.78, 5) is 4.66. The molecule has 0 aromatic rings. The third kappa shape index (κ3) is 3.72. The largest absolute Gasteiger partial charge is 0.395 e. The molecule has 1 rings (SSSR count). The lowest BCUT2D eigenvalue weighted by Gasteiger charge is -2.29. The van der Waals surface area contributed by atoms with Gasteiger partial charge in [0.25, 0.3) is 0 Å². The molecule has 2 atom stereocenters. The van der Waals surface area contributed by atoms with E-state index in [9.17, 15) is 5.11 Å². The van der Waals surface area contributed by atoms with Gasteiger partial charge in [0, 0.05) is 32.3 Å². The highest BCUT2D eigenvalue weighted by Gasteiger charge is 2.25. The van der Waals surface area contributed by atoms with Crippen LogP contribution in [0, 0.1) is 0 Å². The minimum atomic E-state index is 0.243. The van der Waals surface area contributed by atoms with E-state index in [1.807, 2.05) is 0 Å². The number of hydrogen-bond acceptors (Lipinski definition) is 4. The maximum Gasteiger partial charge on any atom is 0.0599 e. The van der Waals surface area contributed by atoms with Crippen molar-refractivity contribution in [3.05, 3.63) is 0 Å². The van der Waals surface area contributed by atoms with E-state index in [1.54, 1.807) is 7.11 Å². The Bertz CT molecular complexity index is 178. The third-order valence-corrected chi connectivity index (χ3v) is 3.38. The Morgan fingerprint density at radius 1 is 1.47 bits per heavy atom. The summed E-state index contributed by atoms with van der Waals surface area (Å²) in [5.41, 5.74) is 0. The zero-order valence-electron chi connectivity index (χ0n) is 10.1. The molecule has 1 N–H and O–H groups in total. The number of hydrogen-bond donors (Lipinski definition) is 1. The molecule has 90 valence electrons. The number of rotatable bonds is 4. The molecular weight excluding hydrogens is 192 g/mol. The fourth-order valence-corrected chi connectivity index (χ4v) is 2.06. The van der Waals surface area contributed by atoms with Crippen molar-refractivity contribution in [2.24, 2.45) is 0 Å². The SMILES string of the molecule is COCCN1CC(CO)N(C)CCC1C. The van der Waals surface area contributed by atoms with Crippen molar-refractivity contribution in [1.29, 1.82) is 0 Å². The van der Waals surface area contributed by atoms with Crippen LogP contribution in [0.1, 0.15) is 13.3 Å². The molecule has 1 aliphatic rings. The van der Waals surface area contributed by atoms with Gasteiger partial charge in [0.05, 0.1) is 13.2 Å². The van der Waals surface area contributed by atoms with Crippen LogP contribution in [0.15, 0.2) is 0 Å². The molecule has 4 nitrogen and oxygen atoms in total. The summed E-state index contributed by atoms with van der Waals surface area (Å²) in [6.45, 7) is 6.23. The minimum absolute atomic E-state index is 0.243. The van der Waals surface area contributed by atoms with Crippen molar-refractivity contribution in [2.45, 2.75) is 25.4 Å². The van der Waals surface area contributed by atoms with E-state index < -0.39 is 0 Å². The topological polar surface area (TPSA) is 35.9 Å². The number of likely N-dealkylation sites (N-methyl/N-ethyl adjacent to an activating group) is 1. The van der Waals surface area contributed by atoms with E-state index in [0.29, 0.717) is 6.04 Å². The third-order valence-electron chi connectivity index (χ3n) is 3.38. The molecule has 1 heterocycles. The van der Waals surface area contributed by atoms with Crippen LogP contribution >= 0.6 is 0 Å². The summed E-state index contributed by atoms with van der Waals surface area (Å²) in [6, 6.07) is 0.853. The lowest BCUT2D eigenvalue weighted by molar-refractivity contribution is 0.0971. The van der Waals surface area contributed by atoms with Gasteiger partial charge in [-0.3, -0.25) is 9.80 Å². The van der Waals surface area contributed by atoms with Crippen molar-refractivity contribution in [2.75, 3.05) is 47.0 Å². The van der Waals surface area contributed by atoms with Gasteiger partial charge >= 0.3 is 0 Å². The molecule has 1 saturated heterocycles. The van der Waals surface area contributed by atoms with Gasteiger partial charge in [-0.1, -0.05) is 0 Å². The molecule has 0 aliphatic carbocycles. The van der Waals surface area contributed by atoms with Gasteiger partial charge < -0.3 is 9.84 Å². The second kappa shape index (κ2) is 6.43. The maximum absolute atomic E-state index is 9.32. The van der Waals surface area contributed by atoms with Crippen LogP contribution in [-0.4, -0.2) is 74.0 Å². The highest BCUT2D eigenvalue weighted by molar-refractivity contribution is 4.81. The molecule has 15 heavy (non-hydrogen) atoms. The standard InChI is InChI=1S/C11H24N2O2/c1-10-4-5-12(2)11(9-14)8-13(10)6-7-15-3/h10-11,14H,4-9H2,1-3H3. The Balaban J connectivity index is 2.52. The lowest BCUT2D eigenvalue weighted by Crippen LogP contribution is -2.43. The van der Waals surface area contributed by atoms with Crippen LogP contribution < -0.4 is 0 Å². The molecule has 1 aliphatic heterocycles. The van der Waals surface area contributed by atoms with E-state index in [2.05, 4.69) is 23.8 Å². The fraction of sp³-hybridized carbons (Fsp3) is 1.00. The quantitative estimate of drug-likeness (QED) is 0.719. The second-order valence-corrected chi connectivity index (χ2v) is 4.44. The average molecular weight is 216 g/mol. The first-order valence-electron chi connectivity index (χ1n) is 5.73. The van der Waals surface area contributed by atoms with Crippen LogP contribution in [-0.2, 0) is 4.74 Å². The van der Waals surface area contributed by atoms with Crippen molar-refractivity contribution < 1.29 is 9.84 Å². The van der Waals surface area contributed by atoms with Gasteiger partial charge in [-0.15, -0.1) is 0 Å². The first-order chi connectivity index (χ1) is 7.19. The summed E-state index contributed by atoms with van der Waals surface area (Å²) in [7, 11) is 3.82. The summed E-state index contributed by atoms with van der Waals surface area (Å²) < 4.78 is 5.11. The van der Waals surface area contributed by atoms with Crippen LogP contribution in [0.3, 0.4) is 0 Å². The molecule has 0 radical (unpaired) electrons. The number of aliphatic hydroxyl groups is 1. The first-order valence-corrected chi connectivity index (χ1v) is 5.73. The second-order valence-electron chi connectivity index (χ2n) is 4.44. The zero-order chi connectivity index (χ0) is 11.3. The molecule has 0 saturated carbocycles. The van der Waals surface area contributed by atoms with E-state index in [0.717, 1.165) is 32.7 Å². The van der Waals surface area contributed by atoms with E-state index in [-0.39, 0.29) is 12.6 Å². The molecule has 0 bridgehead atoms. The monoisotopic (exact) mass is 216 g/mol. The van der Waals surface area contributed by atoms with Crippen molar-refractivity contribution in [3.63, 3.8) is 0 Å². The Morgan fingerprint density at radius 3 is 2.80 bits per heavy atom. The van der Waals surface area contributed by atoms with Crippen molar-refractivity contribution in [1.82, 2.24) is 9.80 Å². The van der Waals surface area contributed by atoms with Gasteiger partial charge in [-0.25, -0.2) is 0 Å². The molecule has 4 heteroatoms. The molecule has 0 aromatic heterocycles. The molecule has 0 spiro atoms. The van der Waals surface area contributed by atoms with Gasteiger partial charge in [0.1, 0.15) is 0 Å². The lowest BCUT2D eigenvalue weighted by atomic mass is 10.2. The number of nitrogens with zero attached hydrogens (tertiary/aromatic N) is 2. The fourth-order valence-electron chi connectivity index (χ4n) is 2.06. The van der Waals surface area contributed by atoms with E-state index in [4.69, 9.17) is 4.74 Å². The van der Waals surface area contributed by atoms with Gasteiger partial charge in [0.15, 0.2) is 0 Å². The summed E-state index contributed by atoms with van der Waals surface area (Å²) >= 11 is 0. The molecule has 1 fully saturated rings. The van der Waals surface area contributed by atoms with Crippen LogP contribution in [0.4, 0.5) is 0 Å². The van der Waals surface area contributed by atoms with Gasteiger partial charge in [-0.05, 0) is 26.9 Å². The molecule has 2 unspecified atom stereocenters.